The number of rotatable bonds is 8. The van der Waals surface area contributed by atoms with Crippen LogP contribution in [0.1, 0.15) is 13.8 Å². The number of benzene rings is 1. The normalized spacial score (nSPS) is 11.9. The van der Waals surface area contributed by atoms with Crippen molar-refractivity contribution in [2.75, 3.05) is 5.32 Å². The lowest BCUT2D eigenvalue weighted by Gasteiger charge is -2.11. The number of thioether (sulfide) groups is 1. The van der Waals surface area contributed by atoms with Crippen LogP contribution in [0.4, 0.5) is 10.8 Å². The van der Waals surface area contributed by atoms with Crippen LogP contribution in [-0.4, -0.2) is 35.8 Å². The number of nitrogens with zero attached hydrogens (tertiary/aromatic N) is 5. The van der Waals surface area contributed by atoms with Crippen LogP contribution in [0.25, 0.3) is 22.8 Å². The van der Waals surface area contributed by atoms with Crippen molar-refractivity contribution in [3.8, 4) is 22.8 Å². The lowest BCUT2D eigenvalue weighted by molar-refractivity contribution is -0.384. The first-order valence-corrected chi connectivity index (χ1v) is 11.4. The first-order chi connectivity index (χ1) is 15.5. The van der Waals surface area contributed by atoms with Gasteiger partial charge in [-0.1, -0.05) is 23.9 Å². The number of nitro benzene ring substituents is 1. The van der Waals surface area contributed by atoms with Gasteiger partial charge in [0.15, 0.2) is 21.9 Å². The Bertz CT molecular complexity index is 1250. The lowest BCUT2D eigenvalue weighted by atomic mass is 10.1. The van der Waals surface area contributed by atoms with Gasteiger partial charge in [-0.25, -0.2) is 4.98 Å². The van der Waals surface area contributed by atoms with Crippen molar-refractivity contribution in [2.45, 2.75) is 30.8 Å². The maximum atomic E-state index is 12.7. The number of nitro groups is 1. The SMILES string of the molecule is CCn1c(SC(C)C(=O)Nc2nc(-c3cccc([N+](=O)[O-])c3)cs2)nnc1-c1ccco1. The van der Waals surface area contributed by atoms with E-state index in [0.29, 0.717) is 39.7 Å². The average Bonchev–Trinajstić information content (AvgIpc) is 3.54. The topological polar surface area (TPSA) is 129 Å². The fraction of sp³-hybridized carbons (Fsp3) is 0.200. The third kappa shape index (κ3) is 4.55. The molecular weight excluding hydrogens is 452 g/mol. The molecule has 0 aliphatic heterocycles. The number of aromatic nitrogens is 4. The molecule has 1 amide bonds. The Kier molecular flexibility index (Phi) is 6.32. The molecule has 3 heterocycles. The predicted octanol–water partition coefficient (Wildman–Crippen LogP) is 4.71. The first kappa shape index (κ1) is 21.7. The Morgan fingerprint density at radius 2 is 2.19 bits per heavy atom. The molecule has 4 aromatic rings. The highest BCUT2D eigenvalue weighted by molar-refractivity contribution is 8.00. The van der Waals surface area contributed by atoms with Crippen LogP contribution in [0.15, 0.2) is 57.6 Å². The van der Waals surface area contributed by atoms with Crippen molar-refractivity contribution in [3.05, 3.63) is 58.2 Å². The van der Waals surface area contributed by atoms with Gasteiger partial charge in [-0.15, -0.1) is 21.5 Å². The summed E-state index contributed by atoms with van der Waals surface area (Å²) in [6, 6.07) is 9.80. The Hall–Kier alpha value is -3.51. The Morgan fingerprint density at radius 3 is 2.91 bits per heavy atom. The molecule has 10 nitrogen and oxygen atoms in total. The largest absolute Gasteiger partial charge is 0.461 e. The monoisotopic (exact) mass is 470 g/mol. The van der Waals surface area contributed by atoms with Crippen molar-refractivity contribution in [2.24, 2.45) is 0 Å². The number of furan rings is 1. The van der Waals surface area contributed by atoms with Gasteiger partial charge >= 0.3 is 0 Å². The molecular formula is C20H18N6O4S2. The molecule has 1 aromatic carbocycles. The molecule has 0 saturated heterocycles. The van der Waals surface area contributed by atoms with Gasteiger partial charge in [0.05, 0.1) is 22.1 Å². The molecule has 0 aliphatic carbocycles. The second kappa shape index (κ2) is 9.32. The van der Waals surface area contributed by atoms with Crippen LogP contribution in [-0.2, 0) is 11.3 Å². The number of amides is 1. The number of non-ortho nitro benzene ring substituents is 1. The van der Waals surface area contributed by atoms with Crippen LogP contribution < -0.4 is 5.32 Å². The molecule has 0 spiro atoms. The molecule has 0 fully saturated rings. The zero-order valence-corrected chi connectivity index (χ0v) is 18.7. The van der Waals surface area contributed by atoms with Gasteiger partial charge in [0.1, 0.15) is 0 Å². The van der Waals surface area contributed by atoms with Crippen LogP contribution in [0.2, 0.25) is 0 Å². The van der Waals surface area contributed by atoms with Crippen molar-refractivity contribution in [1.82, 2.24) is 19.7 Å². The van der Waals surface area contributed by atoms with Gasteiger partial charge in [0.2, 0.25) is 5.91 Å². The minimum absolute atomic E-state index is 0.0138. The Balaban J connectivity index is 1.44. The van der Waals surface area contributed by atoms with E-state index in [1.165, 1.54) is 35.2 Å². The molecule has 12 heteroatoms. The van der Waals surface area contributed by atoms with E-state index in [1.54, 1.807) is 36.8 Å². The van der Waals surface area contributed by atoms with Crippen LogP contribution in [0, 0.1) is 10.1 Å². The molecule has 4 rings (SSSR count). The van der Waals surface area contributed by atoms with Crippen LogP contribution >= 0.6 is 23.1 Å². The number of anilines is 1. The molecule has 0 aliphatic rings. The van der Waals surface area contributed by atoms with Crippen LogP contribution in [0.5, 0.6) is 0 Å². The van der Waals surface area contributed by atoms with E-state index in [2.05, 4.69) is 20.5 Å². The maximum absolute atomic E-state index is 12.7. The number of carbonyl (C=O) groups excluding carboxylic acids is 1. The standard InChI is InChI=1S/C20H18N6O4S2/c1-3-25-17(16-8-5-9-30-16)23-24-20(25)32-12(2)18(27)22-19-21-15(11-31-19)13-6-4-7-14(10-13)26(28)29/h4-12H,3H2,1-2H3,(H,21,22,27). The summed E-state index contributed by atoms with van der Waals surface area (Å²) in [7, 11) is 0. The summed E-state index contributed by atoms with van der Waals surface area (Å²) in [6.07, 6.45) is 1.57. The molecule has 3 aromatic heterocycles. The van der Waals surface area contributed by atoms with E-state index in [0.717, 1.165) is 0 Å². The summed E-state index contributed by atoms with van der Waals surface area (Å²) in [5.74, 6) is 0.981. The van der Waals surface area contributed by atoms with E-state index in [-0.39, 0.29) is 11.6 Å². The Morgan fingerprint density at radius 1 is 1.34 bits per heavy atom. The number of thiazole rings is 1. The third-order valence-corrected chi connectivity index (χ3v) is 6.35. The van der Waals surface area contributed by atoms with Crippen molar-refractivity contribution >= 4 is 39.8 Å². The van der Waals surface area contributed by atoms with Gasteiger partial charge < -0.3 is 9.73 Å². The molecule has 0 radical (unpaired) electrons. The maximum Gasteiger partial charge on any atom is 0.270 e. The number of carbonyl (C=O) groups is 1. The zero-order valence-electron chi connectivity index (χ0n) is 17.1. The van der Waals surface area contributed by atoms with Gasteiger partial charge in [0, 0.05) is 29.6 Å². The molecule has 32 heavy (non-hydrogen) atoms. The summed E-state index contributed by atoms with van der Waals surface area (Å²) >= 11 is 2.54. The summed E-state index contributed by atoms with van der Waals surface area (Å²) in [5.41, 5.74) is 1.16. The van der Waals surface area contributed by atoms with Crippen LogP contribution in [0.3, 0.4) is 0 Å². The quantitative estimate of drug-likeness (QED) is 0.223. The second-order valence-electron chi connectivity index (χ2n) is 6.62. The van der Waals surface area contributed by atoms with Gasteiger partial charge in [-0.05, 0) is 26.0 Å². The fourth-order valence-corrected chi connectivity index (χ4v) is 4.55. The highest BCUT2D eigenvalue weighted by Crippen LogP contribution is 2.30. The lowest BCUT2D eigenvalue weighted by Crippen LogP contribution is -2.22. The highest BCUT2D eigenvalue weighted by atomic mass is 32.2. The molecule has 0 bridgehead atoms. The van der Waals surface area contributed by atoms with E-state index < -0.39 is 10.2 Å². The molecule has 1 atom stereocenters. The van der Waals surface area contributed by atoms with E-state index in [9.17, 15) is 14.9 Å². The summed E-state index contributed by atoms with van der Waals surface area (Å²) in [5, 5.41) is 24.5. The molecule has 1 unspecified atom stereocenters. The number of hydrogen-bond donors (Lipinski definition) is 1. The van der Waals surface area contributed by atoms with E-state index in [1.807, 2.05) is 17.6 Å². The summed E-state index contributed by atoms with van der Waals surface area (Å²) in [4.78, 5) is 27.6. The fourth-order valence-electron chi connectivity index (χ4n) is 2.91. The van der Waals surface area contributed by atoms with Crippen molar-refractivity contribution in [3.63, 3.8) is 0 Å². The van der Waals surface area contributed by atoms with Gasteiger partial charge in [0.25, 0.3) is 5.69 Å². The first-order valence-electron chi connectivity index (χ1n) is 9.61. The highest BCUT2D eigenvalue weighted by Gasteiger charge is 2.22. The molecule has 1 N–H and O–H groups in total. The van der Waals surface area contributed by atoms with Gasteiger partial charge in [-0.3, -0.25) is 19.5 Å². The minimum atomic E-state index is -0.459. The van der Waals surface area contributed by atoms with E-state index in [4.69, 9.17) is 4.42 Å². The average molecular weight is 471 g/mol. The molecule has 164 valence electrons. The second-order valence-corrected chi connectivity index (χ2v) is 8.79. The van der Waals surface area contributed by atoms with Crippen molar-refractivity contribution < 1.29 is 14.1 Å². The minimum Gasteiger partial charge on any atom is -0.461 e. The number of nitrogens with one attached hydrogen (secondary N) is 1. The Labute approximate surface area is 190 Å². The smallest absolute Gasteiger partial charge is 0.270 e. The van der Waals surface area contributed by atoms with Crippen molar-refractivity contribution in [1.29, 1.82) is 0 Å². The van der Waals surface area contributed by atoms with Gasteiger partial charge in [-0.2, -0.15) is 0 Å². The summed E-state index contributed by atoms with van der Waals surface area (Å²) in [6.45, 7) is 4.37. The number of hydrogen-bond acceptors (Lipinski definition) is 9. The molecule has 0 saturated carbocycles. The summed E-state index contributed by atoms with van der Waals surface area (Å²) < 4.78 is 7.30. The zero-order chi connectivity index (χ0) is 22.7. The predicted molar refractivity (Wildman–Crippen MR) is 122 cm³/mol. The van der Waals surface area contributed by atoms with E-state index >= 15 is 0 Å². The third-order valence-electron chi connectivity index (χ3n) is 4.51.